The van der Waals surface area contributed by atoms with Gasteiger partial charge in [-0.15, -0.1) is 0 Å². The molecule has 0 aliphatic rings. The van der Waals surface area contributed by atoms with Crippen molar-refractivity contribution in [2.75, 3.05) is 6.61 Å². The van der Waals surface area contributed by atoms with E-state index in [-0.39, 0.29) is 18.6 Å². The summed E-state index contributed by atoms with van der Waals surface area (Å²) in [6.45, 7) is 4.21. The number of nitrogens with zero attached hydrogens (tertiary/aromatic N) is 1. The van der Waals surface area contributed by atoms with E-state index in [1.54, 1.807) is 6.07 Å². The van der Waals surface area contributed by atoms with E-state index in [2.05, 4.69) is 6.58 Å². The number of aliphatic hydroxyl groups excluding tert-OH is 2. The van der Waals surface area contributed by atoms with Crippen molar-refractivity contribution >= 4 is 5.97 Å². The van der Waals surface area contributed by atoms with E-state index >= 15 is 0 Å². The highest BCUT2D eigenvalue weighted by Crippen LogP contribution is 1.98. The first-order valence-electron chi connectivity index (χ1n) is 4.19. The van der Waals surface area contributed by atoms with Crippen molar-refractivity contribution in [1.82, 2.24) is 0 Å². The Labute approximate surface area is 88.6 Å². The standard InChI is InChI=1S/C7H12O4.C3H3N/c1-5(7(10)11)2-3-6(9)4-8;1-2-3-4/h2,6,8-9H,3-4H2,1H3,(H,10,11);2H,1H2. The molecule has 0 radical (unpaired) electrons. The summed E-state index contributed by atoms with van der Waals surface area (Å²) < 4.78 is 0. The van der Waals surface area contributed by atoms with Gasteiger partial charge in [0, 0.05) is 11.6 Å². The molecule has 84 valence electrons. The highest BCUT2D eigenvalue weighted by atomic mass is 16.4. The largest absolute Gasteiger partial charge is 0.478 e. The Morgan fingerprint density at radius 3 is 2.40 bits per heavy atom. The summed E-state index contributed by atoms with van der Waals surface area (Å²) in [5.41, 5.74) is 0.178. The Bertz CT molecular complexity index is 265. The number of carboxylic acid groups (broad SMARTS) is 1. The zero-order chi connectivity index (χ0) is 12.3. The van der Waals surface area contributed by atoms with Gasteiger partial charge >= 0.3 is 5.97 Å². The maximum Gasteiger partial charge on any atom is 0.330 e. The van der Waals surface area contributed by atoms with Crippen LogP contribution in [0.1, 0.15) is 13.3 Å². The minimum atomic E-state index is -1.00. The SMILES string of the molecule is C=CC#N.CC(=CCC(O)CO)C(=O)O. The van der Waals surface area contributed by atoms with Crippen LogP contribution in [0, 0.1) is 11.3 Å². The maximum atomic E-state index is 10.2. The first-order chi connectivity index (χ1) is 6.99. The monoisotopic (exact) mass is 213 g/mol. The molecule has 3 N–H and O–H groups in total. The average Bonchev–Trinajstić information content (AvgIpc) is 2.25. The highest BCUT2D eigenvalue weighted by Gasteiger charge is 2.02. The molecular weight excluding hydrogens is 198 g/mol. The lowest BCUT2D eigenvalue weighted by Crippen LogP contribution is -2.10. The van der Waals surface area contributed by atoms with Crippen molar-refractivity contribution in [3.63, 3.8) is 0 Å². The van der Waals surface area contributed by atoms with Gasteiger partial charge in [0.25, 0.3) is 0 Å². The Balaban J connectivity index is 0. The van der Waals surface area contributed by atoms with Gasteiger partial charge in [0.15, 0.2) is 0 Å². The predicted octanol–water partition coefficient (Wildman–Crippen LogP) is 0.457. The number of aliphatic carboxylic acids is 1. The number of carboxylic acids is 1. The van der Waals surface area contributed by atoms with Crippen LogP contribution in [0.5, 0.6) is 0 Å². The molecule has 0 fully saturated rings. The summed E-state index contributed by atoms with van der Waals surface area (Å²) in [5.74, 6) is -1.00. The number of allylic oxidation sites excluding steroid dienone is 1. The van der Waals surface area contributed by atoms with Crippen LogP contribution in [0.2, 0.25) is 0 Å². The van der Waals surface area contributed by atoms with Crippen LogP contribution in [0.4, 0.5) is 0 Å². The molecular formula is C10H15NO4. The summed E-state index contributed by atoms with van der Waals surface area (Å²) in [5, 5.41) is 33.0. The topological polar surface area (TPSA) is 102 Å². The normalized spacial score (nSPS) is 11.7. The molecule has 0 aliphatic carbocycles. The third-order valence-electron chi connectivity index (χ3n) is 1.34. The molecule has 0 spiro atoms. The van der Waals surface area contributed by atoms with Crippen molar-refractivity contribution in [2.24, 2.45) is 0 Å². The molecule has 1 atom stereocenters. The van der Waals surface area contributed by atoms with Crippen LogP contribution in [0.25, 0.3) is 0 Å². The number of hydrogen-bond donors (Lipinski definition) is 3. The zero-order valence-electron chi connectivity index (χ0n) is 8.55. The van der Waals surface area contributed by atoms with Gasteiger partial charge in [-0.05, 0) is 13.3 Å². The maximum absolute atomic E-state index is 10.2. The molecule has 0 aromatic rings. The first-order valence-corrected chi connectivity index (χ1v) is 4.19. The van der Waals surface area contributed by atoms with E-state index in [1.165, 1.54) is 19.1 Å². The van der Waals surface area contributed by atoms with Crippen molar-refractivity contribution in [3.05, 3.63) is 24.3 Å². The van der Waals surface area contributed by atoms with Gasteiger partial charge in [0.2, 0.25) is 0 Å². The molecule has 0 heterocycles. The second kappa shape index (κ2) is 10.4. The van der Waals surface area contributed by atoms with E-state index in [4.69, 9.17) is 20.6 Å². The quantitative estimate of drug-likeness (QED) is 0.465. The van der Waals surface area contributed by atoms with Crippen molar-refractivity contribution < 1.29 is 20.1 Å². The molecule has 0 rings (SSSR count). The van der Waals surface area contributed by atoms with E-state index in [1.807, 2.05) is 0 Å². The lowest BCUT2D eigenvalue weighted by atomic mass is 10.2. The van der Waals surface area contributed by atoms with Crippen LogP contribution in [-0.4, -0.2) is 34.0 Å². The third-order valence-corrected chi connectivity index (χ3v) is 1.34. The Kier molecular flexibility index (Phi) is 11.0. The van der Waals surface area contributed by atoms with E-state index in [0.29, 0.717) is 0 Å². The van der Waals surface area contributed by atoms with Crippen LogP contribution >= 0.6 is 0 Å². The number of nitriles is 1. The summed E-state index contributed by atoms with van der Waals surface area (Å²) in [6, 6.07) is 1.69. The number of hydrogen-bond acceptors (Lipinski definition) is 4. The third kappa shape index (κ3) is 12.4. The second-order valence-electron chi connectivity index (χ2n) is 2.60. The molecule has 0 bridgehead atoms. The highest BCUT2D eigenvalue weighted by molar-refractivity contribution is 5.85. The predicted molar refractivity (Wildman–Crippen MR) is 54.9 cm³/mol. The molecule has 15 heavy (non-hydrogen) atoms. The van der Waals surface area contributed by atoms with E-state index < -0.39 is 12.1 Å². The minimum Gasteiger partial charge on any atom is -0.478 e. The minimum absolute atomic E-state index is 0.175. The van der Waals surface area contributed by atoms with Gasteiger partial charge < -0.3 is 15.3 Å². The molecule has 0 aliphatic heterocycles. The molecule has 0 aromatic carbocycles. The lowest BCUT2D eigenvalue weighted by molar-refractivity contribution is -0.132. The van der Waals surface area contributed by atoms with Crippen molar-refractivity contribution in [1.29, 1.82) is 5.26 Å². The summed E-state index contributed by atoms with van der Waals surface area (Å²) in [4.78, 5) is 10.2. The smallest absolute Gasteiger partial charge is 0.330 e. The fourth-order valence-electron chi connectivity index (χ4n) is 0.475. The summed E-state index contributed by atoms with van der Waals surface area (Å²) >= 11 is 0. The molecule has 0 saturated carbocycles. The van der Waals surface area contributed by atoms with E-state index in [0.717, 1.165) is 0 Å². The average molecular weight is 213 g/mol. The fraction of sp³-hybridized carbons (Fsp3) is 0.400. The number of carbonyl (C=O) groups is 1. The van der Waals surface area contributed by atoms with Crippen LogP contribution < -0.4 is 0 Å². The fourth-order valence-corrected chi connectivity index (χ4v) is 0.475. The molecule has 5 nitrogen and oxygen atoms in total. The Morgan fingerprint density at radius 1 is 1.67 bits per heavy atom. The summed E-state index contributed by atoms with van der Waals surface area (Å²) in [7, 11) is 0. The molecule has 0 amide bonds. The van der Waals surface area contributed by atoms with Gasteiger partial charge in [-0.25, -0.2) is 4.79 Å². The summed E-state index contributed by atoms with van der Waals surface area (Å²) in [6.07, 6.45) is 1.88. The van der Waals surface area contributed by atoms with Crippen molar-refractivity contribution in [3.8, 4) is 6.07 Å². The molecule has 0 aromatic heterocycles. The van der Waals surface area contributed by atoms with Crippen LogP contribution in [0.15, 0.2) is 24.3 Å². The van der Waals surface area contributed by atoms with E-state index in [9.17, 15) is 4.79 Å². The first kappa shape index (κ1) is 15.8. The van der Waals surface area contributed by atoms with Crippen molar-refractivity contribution in [2.45, 2.75) is 19.4 Å². The Morgan fingerprint density at radius 2 is 2.13 bits per heavy atom. The lowest BCUT2D eigenvalue weighted by Gasteiger charge is -2.01. The Hall–Kier alpha value is -1.64. The van der Waals surface area contributed by atoms with Gasteiger partial charge in [-0.3, -0.25) is 0 Å². The van der Waals surface area contributed by atoms with Crippen LogP contribution in [0.3, 0.4) is 0 Å². The molecule has 1 unspecified atom stereocenters. The number of rotatable bonds is 4. The number of aliphatic hydroxyl groups is 2. The second-order valence-corrected chi connectivity index (χ2v) is 2.60. The van der Waals surface area contributed by atoms with Gasteiger partial charge in [-0.1, -0.05) is 12.7 Å². The molecule has 5 heteroatoms. The van der Waals surface area contributed by atoms with Gasteiger partial charge in [0.05, 0.1) is 18.8 Å². The van der Waals surface area contributed by atoms with Gasteiger partial charge in [0.1, 0.15) is 0 Å². The van der Waals surface area contributed by atoms with Gasteiger partial charge in [-0.2, -0.15) is 5.26 Å². The zero-order valence-corrected chi connectivity index (χ0v) is 8.55. The van der Waals surface area contributed by atoms with Crippen LogP contribution in [-0.2, 0) is 4.79 Å². The molecule has 0 saturated heterocycles.